The van der Waals surface area contributed by atoms with Gasteiger partial charge in [-0.1, -0.05) is 17.7 Å². The third-order valence-electron chi connectivity index (χ3n) is 2.42. The number of pyridine rings is 1. The zero-order valence-corrected chi connectivity index (χ0v) is 10.3. The van der Waals surface area contributed by atoms with E-state index >= 15 is 0 Å². The quantitative estimate of drug-likeness (QED) is 0.677. The van der Waals surface area contributed by atoms with Crippen molar-refractivity contribution in [1.82, 2.24) is 4.98 Å². The zero-order valence-electron chi connectivity index (χ0n) is 9.55. The first-order valence-corrected chi connectivity index (χ1v) is 5.57. The summed E-state index contributed by atoms with van der Waals surface area (Å²) in [4.78, 5) is 14.4. The van der Waals surface area contributed by atoms with Crippen molar-refractivity contribution in [1.29, 1.82) is 0 Å². The summed E-state index contributed by atoms with van der Waals surface area (Å²) < 4.78 is 0. The molecule has 0 fully saturated rings. The van der Waals surface area contributed by atoms with Crippen LogP contribution in [0.5, 0.6) is 0 Å². The fourth-order valence-corrected chi connectivity index (χ4v) is 1.63. The van der Waals surface area contributed by atoms with E-state index in [-0.39, 0.29) is 5.69 Å². The molecule has 0 spiro atoms. The number of nitrogens with zero attached hydrogens (tertiary/aromatic N) is 2. The first-order chi connectivity index (χ1) is 8.56. The van der Waals surface area contributed by atoms with E-state index in [9.17, 15) is 10.1 Å². The summed E-state index contributed by atoms with van der Waals surface area (Å²) in [5, 5.41) is 14.3. The number of rotatable bonds is 3. The minimum atomic E-state index is -0.435. The van der Waals surface area contributed by atoms with Gasteiger partial charge in [-0.05, 0) is 24.6 Å². The highest BCUT2D eigenvalue weighted by molar-refractivity contribution is 6.30. The number of aryl methyl sites for hydroxylation is 1. The van der Waals surface area contributed by atoms with Crippen molar-refractivity contribution in [3.8, 4) is 0 Å². The molecule has 1 heterocycles. The van der Waals surface area contributed by atoms with Crippen molar-refractivity contribution in [2.45, 2.75) is 6.92 Å². The standard InChI is InChI=1S/C12H10ClN3O2/c1-8-2-3-10(16(17)18)7-11(8)15-12-6-9(13)4-5-14-12/h2-7H,1H3,(H,14,15). The Balaban J connectivity index is 2.33. The molecule has 1 N–H and O–H groups in total. The van der Waals surface area contributed by atoms with Crippen molar-refractivity contribution in [3.63, 3.8) is 0 Å². The molecule has 0 aliphatic rings. The van der Waals surface area contributed by atoms with Gasteiger partial charge in [0.1, 0.15) is 5.82 Å². The van der Waals surface area contributed by atoms with Gasteiger partial charge in [-0.15, -0.1) is 0 Å². The van der Waals surface area contributed by atoms with Crippen LogP contribution in [0.25, 0.3) is 0 Å². The first kappa shape index (κ1) is 12.3. The number of nitrogens with one attached hydrogen (secondary N) is 1. The summed E-state index contributed by atoms with van der Waals surface area (Å²) in [6.07, 6.45) is 1.57. The molecule has 0 bridgehead atoms. The SMILES string of the molecule is Cc1ccc([N+](=O)[O-])cc1Nc1cc(Cl)ccn1. The molecule has 2 aromatic rings. The summed E-state index contributed by atoms with van der Waals surface area (Å²) in [6, 6.07) is 7.93. The van der Waals surface area contributed by atoms with E-state index in [2.05, 4.69) is 10.3 Å². The van der Waals surface area contributed by atoms with E-state index in [1.807, 2.05) is 6.92 Å². The Morgan fingerprint density at radius 2 is 2.11 bits per heavy atom. The molecule has 0 saturated carbocycles. The fraction of sp³-hybridized carbons (Fsp3) is 0.0833. The number of non-ortho nitro benzene ring substituents is 1. The Labute approximate surface area is 109 Å². The van der Waals surface area contributed by atoms with Crippen LogP contribution in [0.2, 0.25) is 5.02 Å². The van der Waals surface area contributed by atoms with E-state index in [0.29, 0.717) is 16.5 Å². The molecular formula is C12H10ClN3O2. The van der Waals surface area contributed by atoms with E-state index in [1.165, 1.54) is 12.1 Å². The molecule has 0 radical (unpaired) electrons. The van der Waals surface area contributed by atoms with Gasteiger partial charge in [-0.2, -0.15) is 0 Å². The smallest absolute Gasteiger partial charge is 0.271 e. The van der Waals surface area contributed by atoms with Crippen LogP contribution in [0.15, 0.2) is 36.5 Å². The predicted molar refractivity (Wildman–Crippen MR) is 70.4 cm³/mol. The number of halogens is 1. The van der Waals surface area contributed by atoms with Crippen molar-refractivity contribution < 1.29 is 4.92 Å². The number of anilines is 2. The number of hydrogen-bond acceptors (Lipinski definition) is 4. The van der Waals surface area contributed by atoms with Crippen LogP contribution in [0, 0.1) is 17.0 Å². The van der Waals surface area contributed by atoms with E-state index in [4.69, 9.17) is 11.6 Å². The third kappa shape index (κ3) is 2.75. The molecule has 1 aromatic heterocycles. The molecule has 0 aliphatic carbocycles. The Hall–Kier alpha value is -2.14. The van der Waals surface area contributed by atoms with E-state index in [1.54, 1.807) is 24.4 Å². The Kier molecular flexibility index (Phi) is 3.43. The summed E-state index contributed by atoms with van der Waals surface area (Å²) in [7, 11) is 0. The molecule has 1 aromatic carbocycles. The van der Waals surface area contributed by atoms with Gasteiger partial charge in [0.2, 0.25) is 0 Å². The highest BCUT2D eigenvalue weighted by Crippen LogP contribution is 2.25. The van der Waals surface area contributed by atoms with Crippen LogP contribution in [-0.2, 0) is 0 Å². The monoisotopic (exact) mass is 263 g/mol. The second kappa shape index (κ2) is 5.01. The lowest BCUT2D eigenvalue weighted by atomic mass is 10.2. The summed E-state index contributed by atoms with van der Waals surface area (Å²) in [5.41, 5.74) is 1.56. The molecule has 0 saturated heterocycles. The van der Waals surface area contributed by atoms with Crippen LogP contribution in [-0.4, -0.2) is 9.91 Å². The average molecular weight is 264 g/mol. The van der Waals surface area contributed by atoms with Crippen LogP contribution >= 0.6 is 11.6 Å². The number of nitro groups is 1. The van der Waals surface area contributed by atoms with Gasteiger partial charge in [-0.25, -0.2) is 4.98 Å². The topological polar surface area (TPSA) is 68.1 Å². The molecule has 5 nitrogen and oxygen atoms in total. The lowest BCUT2D eigenvalue weighted by Gasteiger charge is -2.08. The minimum absolute atomic E-state index is 0.0325. The van der Waals surface area contributed by atoms with Crippen LogP contribution in [0.3, 0.4) is 0 Å². The molecule has 2 rings (SSSR count). The lowest BCUT2D eigenvalue weighted by molar-refractivity contribution is -0.384. The van der Waals surface area contributed by atoms with E-state index in [0.717, 1.165) is 5.56 Å². The molecule has 18 heavy (non-hydrogen) atoms. The van der Waals surface area contributed by atoms with Crippen LogP contribution < -0.4 is 5.32 Å². The molecule has 0 aliphatic heterocycles. The maximum atomic E-state index is 10.7. The Morgan fingerprint density at radius 1 is 1.33 bits per heavy atom. The summed E-state index contributed by atoms with van der Waals surface area (Å²) >= 11 is 5.84. The minimum Gasteiger partial charge on any atom is -0.340 e. The zero-order chi connectivity index (χ0) is 13.1. The second-order valence-corrected chi connectivity index (χ2v) is 4.18. The van der Waals surface area contributed by atoms with Gasteiger partial charge in [0.05, 0.1) is 4.92 Å². The number of aromatic nitrogens is 1. The van der Waals surface area contributed by atoms with Crippen molar-refractivity contribution in [3.05, 3.63) is 57.2 Å². The van der Waals surface area contributed by atoms with Crippen molar-refractivity contribution >= 4 is 28.8 Å². The molecule has 6 heteroatoms. The summed E-state index contributed by atoms with van der Waals surface area (Å²) in [6.45, 7) is 1.86. The number of benzene rings is 1. The Morgan fingerprint density at radius 3 is 2.78 bits per heavy atom. The van der Waals surface area contributed by atoms with Gasteiger partial charge < -0.3 is 5.32 Å². The normalized spacial score (nSPS) is 10.1. The van der Waals surface area contributed by atoms with Gasteiger partial charge in [-0.3, -0.25) is 10.1 Å². The average Bonchev–Trinajstić information content (AvgIpc) is 2.31. The Bertz CT molecular complexity index is 602. The first-order valence-electron chi connectivity index (χ1n) is 5.20. The maximum Gasteiger partial charge on any atom is 0.271 e. The maximum absolute atomic E-state index is 10.7. The van der Waals surface area contributed by atoms with E-state index < -0.39 is 4.92 Å². The molecule has 0 unspecified atom stereocenters. The summed E-state index contributed by atoms with van der Waals surface area (Å²) in [5.74, 6) is 0.547. The highest BCUT2D eigenvalue weighted by atomic mass is 35.5. The van der Waals surface area contributed by atoms with Crippen LogP contribution in [0.4, 0.5) is 17.2 Å². The molecule has 0 atom stereocenters. The van der Waals surface area contributed by atoms with Crippen molar-refractivity contribution in [2.24, 2.45) is 0 Å². The van der Waals surface area contributed by atoms with Gasteiger partial charge >= 0.3 is 0 Å². The molecule has 92 valence electrons. The lowest BCUT2D eigenvalue weighted by Crippen LogP contribution is -1.97. The highest BCUT2D eigenvalue weighted by Gasteiger charge is 2.09. The fourth-order valence-electron chi connectivity index (χ4n) is 1.47. The molecule has 0 amide bonds. The molecular weight excluding hydrogens is 254 g/mol. The number of hydrogen-bond donors (Lipinski definition) is 1. The number of nitro benzene ring substituents is 1. The van der Waals surface area contributed by atoms with Gasteiger partial charge in [0, 0.05) is 29.0 Å². The van der Waals surface area contributed by atoms with Gasteiger partial charge in [0.15, 0.2) is 0 Å². The third-order valence-corrected chi connectivity index (χ3v) is 2.65. The van der Waals surface area contributed by atoms with Gasteiger partial charge in [0.25, 0.3) is 5.69 Å². The largest absolute Gasteiger partial charge is 0.340 e. The predicted octanol–water partition coefficient (Wildman–Crippen LogP) is 3.70. The van der Waals surface area contributed by atoms with Crippen LogP contribution in [0.1, 0.15) is 5.56 Å². The van der Waals surface area contributed by atoms with Crippen molar-refractivity contribution in [2.75, 3.05) is 5.32 Å². The second-order valence-electron chi connectivity index (χ2n) is 3.74.